The summed E-state index contributed by atoms with van der Waals surface area (Å²) in [5.41, 5.74) is 0.826. The Hall–Kier alpha value is -1.65. The normalized spacial score (nSPS) is 12.2. The fourth-order valence-electron chi connectivity index (χ4n) is 1.81. The van der Waals surface area contributed by atoms with Gasteiger partial charge in [-0.3, -0.25) is 10.1 Å². The summed E-state index contributed by atoms with van der Waals surface area (Å²) in [6.07, 6.45) is 4.50. The van der Waals surface area contributed by atoms with E-state index >= 15 is 0 Å². The van der Waals surface area contributed by atoms with Crippen LogP contribution in [0.2, 0.25) is 0 Å². The van der Waals surface area contributed by atoms with Gasteiger partial charge in [-0.25, -0.2) is 4.98 Å². The number of pyridine rings is 1. The number of hydrogen-bond donors (Lipinski definition) is 1. The second kappa shape index (κ2) is 6.93. The molecule has 0 aliphatic carbocycles. The van der Waals surface area contributed by atoms with Gasteiger partial charge < -0.3 is 5.32 Å². The molecular weight excluding hydrogens is 230 g/mol. The number of hydrogen-bond acceptors (Lipinski definition) is 4. The molecule has 0 fully saturated rings. The molecule has 0 saturated heterocycles. The minimum absolute atomic E-state index is 0.0444. The average Bonchev–Trinajstić information content (AvgIpc) is 2.29. The van der Waals surface area contributed by atoms with E-state index in [-0.39, 0.29) is 11.7 Å². The fourth-order valence-corrected chi connectivity index (χ4v) is 1.81. The molecule has 0 amide bonds. The summed E-state index contributed by atoms with van der Waals surface area (Å²) in [6, 6.07) is 3.36. The van der Waals surface area contributed by atoms with Gasteiger partial charge in [0.2, 0.25) is 5.82 Å². The van der Waals surface area contributed by atoms with Gasteiger partial charge in [0.15, 0.2) is 0 Å². The Kier molecular flexibility index (Phi) is 5.55. The van der Waals surface area contributed by atoms with Crippen molar-refractivity contribution >= 4 is 11.5 Å². The lowest BCUT2D eigenvalue weighted by Gasteiger charge is -2.14. The van der Waals surface area contributed by atoms with Crippen LogP contribution in [0.15, 0.2) is 12.1 Å². The topological polar surface area (TPSA) is 68.1 Å². The van der Waals surface area contributed by atoms with E-state index < -0.39 is 4.92 Å². The first-order chi connectivity index (χ1) is 8.54. The summed E-state index contributed by atoms with van der Waals surface area (Å²) in [5.74, 6) is 0.379. The molecule has 1 aromatic rings. The van der Waals surface area contributed by atoms with Gasteiger partial charge in [-0.1, -0.05) is 26.2 Å². The summed E-state index contributed by atoms with van der Waals surface area (Å²) in [5, 5.41) is 14.0. The summed E-state index contributed by atoms with van der Waals surface area (Å²) in [7, 11) is 0. The molecule has 1 N–H and O–H groups in total. The molecule has 1 heterocycles. The number of aromatic nitrogens is 1. The molecule has 5 heteroatoms. The maximum absolute atomic E-state index is 10.9. The van der Waals surface area contributed by atoms with E-state index in [0.717, 1.165) is 18.5 Å². The highest BCUT2D eigenvalue weighted by molar-refractivity contribution is 5.56. The highest BCUT2D eigenvalue weighted by Crippen LogP contribution is 2.23. The van der Waals surface area contributed by atoms with Crippen LogP contribution in [-0.4, -0.2) is 15.9 Å². The quantitative estimate of drug-likeness (QED) is 0.456. The number of rotatable bonds is 7. The molecule has 0 spiro atoms. The number of nitrogens with zero attached hydrogens (tertiary/aromatic N) is 2. The predicted molar refractivity (Wildman–Crippen MR) is 72.9 cm³/mol. The smallest absolute Gasteiger partial charge is 0.311 e. The highest BCUT2D eigenvalue weighted by atomic mass is 16.6. The monoisotopic (exact) mass is 251 g/mol. The van der Waals surface area contributed by atoms with E-state index in [9.17, 15) is 10.1 Å². The van der Waals surface area contributed by atoms with E-state index in [1.165, 1.54) is 18.9 Å². The molecule has 18 heavy (non-hydrogen) atoms. The van der Waals surface area contributed by atoms with Gasteiger partial charge in [-0.05, 0) is 26.3 Å². The van der Waals surface area contributed by atoms with Crippen LogP contribution in [0, 0.1) is 17.0 Å². The van der Waals surface area contributed by atoms with E-state index in [2.05, 4.69) is 17.2 Å². The predicted octanol–water partition coefficient (Wildman–Crippen LogP) is 3.68. The molecule has 0 aliphatic rings. The average molecular weight is 251 g/mol. The second-order valence-corrected chi connectivity index (χ2v) is 4.62. The molecule has 1 rings (SSSR count). The number of unbranched alkanes of at least 4 members (excludes halogenated alkanes) is 2. The largest absolute Gasteiger partial charge is 0.362 e. The van der Waals surface area contributed by atoms with E-state index in [4.69, 9.17) is 0 Å². The van der Waals surface area contributed by atoms with Gasteiger partial charge in [0.05, 0.1) is 4.92 Å². The molecule has 0 bridgehead atoms. The number of anilines is 1. The fraction of sp³-hybridized carbons (Fsp3) is 0.615. The van der Waals surface area contributed by atoms with Gasteiger partial charge in [0.25, 0.3) is 0 Å². The third-order valence-corrected chi connectivity index (χ3v) is 2.83. The molecule has 0 aromatic carbocycles. The van der Waals surface area contributed by atoms with E-state index in [0.29, 0.717) is 5.82 Å². The molecule has 1 unspecified atom stereocenters. The zero-order valence-corrected chi connectivity index (χ0v) is 11.3. The van der Waals surface area contributed by atoms with Crippen molar-refractivity contribution in [3.63, 3.8) is 0 Å². The van der Waals surface area contributed by atoms with Gasteiger partial charge in [0.1, 0.15) is 0 Å². The molecule has 1 atom stereocenters. The molecule has 0 aliphatic heterocycles. The lowest BCUT2D eigenvalue weighted by atomic mass is 10.1. The van der Waals surface area contributed by atoms with Crippen molar-refractivity contribution in [2.45, 2.75) is 52.5 Å². The van der Waals surface area contributed by atoms with Crippen molar-refractivity contribution in [3.8, 4) is 0 Å². The van der Waals surface area contributed by atoms with Crippen LogP contribution in [0.4, 0.5) is 11.5 Å². The third-order valence-electron chi connectivity index (χ3n) is 2.83. The maximum atomic E-state index is 10.9. The first kappa shape index (κ1) is 14.4. The van der Waals surface area contributed by atoms with Crippen LogP contribution < -0.4 is 5.32 Å². The Morgan fingerprint density at radius 2 is 2.17 bits per heavy atom. The van der Waals surface area contributed by atoms with E-state index in [1.54, 1.807) is 6.07 Å². The Bertz CT molecular complexity index is 407. The number of nitro groups is 1. The van der Waals surface area contributed by atoms with Crippen LogP contribution in [0.3, 0.4) is 0 Å². The van der Waals surface area contributed by atoms with Gasteiger partial charge in [-0.2, -0.15) is 0 Å². The van der Waals surface area contributed by atoms with Crippen LogP contribution >= 0.6 is 0 Å². The van der Waals surface area contributed by atoms with Crippen molar-refractivity contribution in [1.82, 2.24) is 4.98 Å². The summed E-state index contributed by atoms with van der Waals surface area (Å²) >= 11 is 0. The first-order valence-corrected chi connectivity index (χ1v) is 6.43. The molecular formula is C13H21N3O2. The van der Waals surface area contributed by atoms with Crippen LogP contribution in [0.5, 0.6) is 0 Å². The van der Waals surface area contributed by atoms with Crippen molar-refractivity contribution in [2.24, 2.45) is 0 Å². The third kappa shape index (κ3) is 4.31. The zero-order valence-electron chi connectivity index (χ0n) is 11.3. The SMILES string of the molecule is CCCCCC(C)Nc1nc(C)ccc1[N+](=O)[O-]. The number of aryl methyl sites for hydroxylation is 1. The maximum Gasteiger partial charge on any atom is 0.311 e. The van der Waals surface area contributed by atoms with Gasteiger partial charge >= 0.3 is 5.69 Å². The molecule has 0 radical (unpaired) electrons. The second-order valence-electron chi connectivity index (χ2n) is 4.62. The first-order valence-electron chi connectivity index (χ1n) is 6.43. The zero-order chi connectivity index (χ0) is 13.5. The summed E-state index contributed by atoms with van der Waals surface area (Å²) in [4.78, 5) is 14.7. The van der Waals surface area contributed by atoms with Crippen LogP contribution in [-0.2, 0) is 0 Å². The Morgan fingerprint density at radius 1 is 1.44 bits per heavy atom. The van der Waals surface area contributed by atoms with Crippen molar-refractivity contribution < 1.29 is 4.92 Å². The van der Waals surface area contributed by atoms with Crippen molar-refractivity contribution in [2.75, 3.05) is 5.32 Å². The minimum atomic E-state index is -0.395. The van der Waals surface area contributed by atoms with Crippen LogP contribution in [0.25, 0.3) is 0 Å². The van der Waals surface area contributed by atoms with Gasteiger partial charge in [0, 0.05) is 17.8 Å². The van der Waals surface area contributed by atoms with E-state index in [1.807, 2.05) is 13.8 Å². The Labute approximate surface area is 108 Å². The Balaban J connectivity index is 2.70. The van der Waals surface area contributed by atoms with Crippen molar-refractivity contribution in [1.29, 1.82) is 0 Å². The Morgan fingerprint density at radius 3 is 2.78 bits per heavy atom. The number of nitrogens with one attached hydrogen (secondary N) is 1. The molecule has 5 nitrogen and oxygen atoms in total. The van der Waals surface area contributed by atoms with Gasteiger partial charge in [-0.15, -0.1) is 0 Å². The summed E-state index contributed by atoms with van der Waals surface area (Å²) < 4.78 is 0. The minimum Gasteiger partial charge on any atom is -0.362 e. The molecule has 0 saturated carbocycles. The lowest BCUT2D eigenvalue weighted by Crippen LogP contribution is -2.17. The highest BCUT2D eigenvalue weighted by Gasteiger charge is 2.16. The molecule has 100 valence electrons. The standard InChI is InChI=1S/C13H21N3O2/c1-4-5-6-7-10(2)14-13-12(16(17)18)9-8-11(3)15-13/h8-10H,4-7H2,1-3H3,(H,14,15). The van der Waals surface area contributed by atoms with Crippen LogP contribution in [0.1, 0.15) is 45.2 Å². The van der Waals surface area contributed by atoms with Crippen molar-refractivity contribution in [3.05, 3.63) is 27.9 Å². The lowest BCUT2D eigenvalue weighted by molar-refractivity contribution is -0.384. The summed E-state index contributed by atoms with van der Waals surface area (Å²) in [6.45, 7) is 6.02. The molecule has 1 aromatic heterocycles.